The molecular formula is C44H46ClFN8O6. The van der Waals surface area contributed by atoms with Crippen molar-refractivity contribution in [3.05, 3.63) is 119 Å². The SMILES string of the molecule is CC(C)(O)CNc1cc(-c2ccc(F)cc2)nn2c(-c3ccc(C4OCCO4)cc3)cnc12.CC(C)(O)CNc1cc(Cl)nn2c(-c3ccc(C4OCCO4)cc3)cnc12. The lowest BCUT2D eigenvalue weighted by atomic mass is 10.1. The van der Waals surface area contributed by atoms with Crippen molar-refractivity contribution >= 4 is 34.3 Å². The van der Waals surface area contributed by atoms with E-state index in [1.165, 1.54) is 12.1 Å². The summed E-state index contributed by atoms with van der Waals surface area (Å²) in [4.78, 5) is 9.08. The Labute approximate surface area is 350 Å². The molecule has 2 fully saturated rings. The fourth-order valence-corrected chi connectivity index (χ4v) is 6.85. The van der Waals surface area contributed by atoms with Crippen LogP contribution in [0.1, 0.15) is 51.4 Å². The van der Waals surface area contributed by atoms with Gasteiger partial charge >= 0.3 is 0 Å². The number of ether oxygens (including phenoxy) is 4. The van der Waals surface area contributed by atoms with Crippen LogP contribution in [-0.4, -0.2) is 90.1 Å². The zero-order valence-corrected chi connectivity index (χ0v) is 34.4. The van der Waals surface area contributed by atoms with Crippen LogP contribution in [0.2, 0.25) is 5.15 Å². The molecule has 2 aliphatic heterocycles. The van der Waals surface area contributed by atoms with E-state index in [1.807, 2.05) is 54.6 Å². The lowest BCUT2D eigenvalue weighted by Crippen LogP contribution is -2.29. The number of imidazole rings is 2. The van der Waals surface area contributed by atoms with Crippen LogP contribution >= 0.6 is 11.6 Å². The second kappa shape index (κ2) is 17.2. The quantitative estimate of drug-likeness (QED) is 0.101. The van der Waals surface area contributed by atoms with Crippen molar-refractivity contribution < 1.29 is 33.6 Å². The molecule has 0 amide bonds. The molecule has 0 unspecified atom stereocenters. The van der Waals surface area contributed by atoms with Crippen molar-refractivity contribution in [1.29, 1.82) is 0 Å². The highest BCUT2D eigenvalue weighted by Crippen LogP contribution is 2.32. The Morgan fingerprint density at radius 2 is 1.05 bits per heavy atom. The monoisotopic (exact) mass is 836 g/mol. The summed E-state index contributed by atoms with van der Waals surface area (Å²) in [5.74, 6) is -0.307. The molecule has 3 aromatic carbocycles. The fourth-order valence-electron chi connectivity index (χ4n) is 6.67. The first-order chi connectivity index (χ1) is 28.8. The third-order valence-electron chi connectivity index (χ3n) is 9.67. The van der Waals surface area contributed by atoms with Crippen molar-refractivity contribution in [2.45, 2.75) is 51.5 Å². The highest BCUT2D eigenvalue weighted by atomic mass is 35.5. The number of halogens is 2. The molecule has 312 valence electrons. The number of benzene rings is 3. The van der Waals surface area contributed by atoms with Crippen molar-refractivity contribution in [1.82, 2.24) is 29.2 Å². The van der Waals surface area contributed by atoms with Crippen molar-refractivity contribution in [3.8, 4) is 33.8 Å². The smallest absolute Gasteiger partial charge is 0.184 e. The van der Waals surface area contributed by atoms with Crippen LogP contribution in [0.5, 0.6) is 0 Å². The summed E-state index contributed by atoms with van der Waals surface area (Å²) in [6.45, 7) is 10.0. The number of aromatic nitrogens is 6. The second-order valence-corrected chi connectivity index (χ2v) is 16.2. The summed E-state index contributed by atoms with van der Waals surface area (Å²) in [6.07, 6.45) is 2.89. The molecule has 16 heteroatoms. The molecule has 6 heterocycles. The molecule has 14 nitrogen and oxygen atoms in total. The summed E-state index contributed by atoms with van der Waals surface area (Å²) in [6, 6.07) is 25.6. The van der Waals surface area contributed by atoms with Gasteiger partial charge in [0.25, 0.3) is 0 Å². The summed E-state index contributed by atoms with van der Waals surface area (Å²) < 4.78 is 39.1. The van der Waals surface area contributed by atoms with Gasteiger partial charge in [-0.05, 0) is 58.0 Å². The molecule has 2 aliphatic rings. The number of rotatable bonds is 11. The summed E-state index contributed by atoms with van der Waals surface area (Å²) in [5.41, 5.74) is 7.81. The minimum atomic E-state index is -0.911. The second-order valence-electron chi connectivity index (χ2n) is 15.8. The predicted octanol–water partition coefficient (Wildman–Crippen LogP) is 7.71. The van der Waals surface area contributed by atoms with E-state index in [2.05, 4.69) is 25.7 Å². The standard InChI is InChI=1S/C25H25FN4O3.C19H21ClN4O3/c1-25(2,31)15-28-21-13-20(16-7-9-19(26)10-8-16)29-30-22(14-27-23(21)30)17-3-5-18(6-4-17)24-32-11-12-33-24;1-19(2,25)11-22-14-9-16(20)23-24-15(10-21-17(14)24)12-3-5-13(6-4-12)18-26-7-8-27-18/h3-10,13-14,24,28,31H,11-12,15H2,1-2H3;3-6,9-10,18,22,25H,7-8,11H2,1-2H3. The van der Waals surface area contributed by atoms with Crippen molar-refractivity contribution in [2.75, 3.05) is 50.2 Å². The Kier molecular flexibility index (Phi) is 11.8. The van der Waals surface area contributed by atoms with Crippen LogP contribution in [0.3, 0.4) is 0 Å². The van der Waals surface area contributed by atoms with E-state index in [1.54, 1.807) is 67.3 Å². The Morgan fingerprint density at radius 3 is 1.50 bits per heavy atom. The summed E-state index contributed by atoms with van der Waals surface area (Å²) in [7, 11) is 0. The molecule has 0 atom stereocenters. The molecule has 0 saturated carbocycles. The van der Waals surface area contributed by atoms with Gasteiger partial charge in [0, 0.05) is 47.0 Å². The van der Waals surface area contributed by atoms with Gasteiger partial charge in [0.05, 0.1) is 78.5 Å². The number of hydrogen-bond acceptors (Lipinski definition) is 12. The molecule has 0 aliphatic carbocycles. The lowest BCUT2D eigenvalue weighted by Gasteiger charge is -2.19. The first kappa shape index (κ1) is 41.2. The molecule has 9 rings (SSSR count). The maximum absolute atomic E-state index is 13.5. The van der Waals surface area contributed by atoms with E-state index in [0.717, 1.165) is 44.9 Å². The van der Waals surface area contributed by atoms with Gasteiger partial charge in [-0.1, -0.05) is 60.1 Å². The molecule has 7 aromatic rings. The minimum absolute atomic E-state index is 0.300. The van der Waals surface area contributed by atoms with Gasteiger partial charge in [-0.2, -0.15) is 10.2 Å². The van der Waals surface area contributed by atoms with Gasteiger partial charge in [0.1, 0.15) is 5.82 Å². The van der Waals surface area contributed by atoms with Gasteiger partial charge in [-0.25, -0.2) is 23.4 Å². The lowest BCUT2D eigenvalue weighted by molar-refractivity contribution is -0.0443. The maximum atomic E-state index is 13.5. The molecule has 0 spiro atoms. The van der Waals surface area contributed by atoms with Gasteiger partial charge in [0.15, 0.2) is 29.0 Å². The third kappa shape index (κ3) is 9.58. The topological polar surface area (TPSA) is 162 Å². The van der Waals surface area contributed by atoms with E-state index in [-0.39, 0.29) is 18.4 Å². The Morgan fingerprint density at radius 1 is 0.633 bits per heavy atom. The van der Waals surface area contributed by atoms with Crippen LogP contribution in [0.15, 0.2) is 97.3 Å². The molecule has 4 aromatic heterocycles. The largest absolute Gasteiger partial charge is 0.389 e. The Hall–Kier alpha value is -5.52. The van der Waals surface area contributed by atoms with Crippen LogP contribution in [0.25, 0.3) is 45.1 Å². The first-order valence-electron chi connectivity index (χ1n) is 19.6. The third-order valence-corrected chi connectivity index (χ3v) is 9.85. The molecule has 0 bridgehead atoms. The highest BCUT2D eigenvalue weighted by molar-refractivity contribution is 6.29. The average Bonchev–Trinajstić information content (AvgIpc) is 4.07. The van der Waals surface area contributed by atoms with E-state index in [9.17, 15) is 14.6 Å². The first-order valence-corrected chi connectivity index (χ1v) is 19.9. The minimum Gasteiger partial charge on any atom is -0.389 e. The Balaban J connectivity index is 0.000000170. The maximum Gasteiger partial charge on any atom is 0.184 e. The Bertz CT molecular complexity index is 2560. The summed E-state index contributed by atoms with van der Waals surface area (Å²) in [5, 5.41) is 36.1. The molecule has 4 N–H and O–H groups in total. The number of fused-ring (bicyclic) bond motifs is 2. The van der Waals surface area contributed by atoms with Gasteiger partial charge in [-0.15, -0.1) is 0 Å². The van der Waals surface area contributed by atoms with Gasteiger partial charge in [-0.3, -0.25) is 0 Å². The number of hydrogen-bond donors (Lipinski definition) is 4. The normalized spacial score (nSPS) is 15.1. The predicted molar refractivity (Wildman–Crippen MR) is 226 cm³/mol. The number of aliphatic hydroxyl groups is 2. The van der Waals surface area contributed by atoms with Crippen LogP contribution < -0.4 is 10.6 Å². The van der Waals surface area contributed by atoms with Gasteiger partial charge in [0.2, 0.25) is 0 Å². The van der Waals surface area contributed by atoms with Crippen LogP contribution in [-0.2, 0) is 18.9 Å². The zero-order chi connectivity index (χ0) is 42.0. The highest BCUT2D eigenvalue weighted by Gasteiger charge is 2.22. The van der Waals surface area contributed by atoms with Crippen molar-refractivity contribution in [2.24, 2.45) is 0 Å². The van der Waals surface area contributed by atoms with E-state index < -0.39 is 11.2 Å². The molecule has 0 radical (unpaired) electrons. The number of anilines is 2. The van der Waals surface area contributed by atoms with E-state index >= 15 is 0 Å². The van der Waals surface area contributed by atoms with Crippen LogP contribution in [0, 0.1) is 5.82 Å². The zero-order valence-electron chi connectivity index (χ0n) is 33.6. The van der Waals surface area contributed by atoms with Crippen LogP contribution in [0.4, 0.5) is 15.8 Å². The van der Waals surface area contributed by atoms with E-state index in [0.29, 0.717) is 67.3 Å². The fraction of sp³-hybridized carbons (Fsp3) is 0.318. The molecule has 60 heavy (non-hydrogen) atoms. The van der Waals surface area contributed by atoms with E-state index in [4.69, 9.17) is 35.6 Å². The van der Waals surface area contributed by atoms with Crippen molar-refractivity contribution in [3.63, 3.8) is 0 Å². The number of nitrogens with zero attached hydrogens (tertiary/aromatic N) is 6. The molecular weight excluding hydrogens is 791 g/mol. The average molecular weight is 837 g/mol. The van der Waals surface area contributed by atoms with Gasteiger partial charge < -0.3 is 39.8 Å². The molecule has 2 saturated heterocycles. The number of nitrogens with one attached hydrogen (secondary N) is 2. The summed E-state index contributed by atoms with van der Waals surface area (Å²) >= 11 is 6.21.